The quantitative estimate of drug-likeness (QED) is 0.329. The number of hydrogen-bond acceptors (Lipinski definition) is 6. The number of nitrogens with zero attached hydrogens (tertiary/aromatic N) is 1. The summed E-state index contributed by atoms with van der Waals surface area (Å²) >= 11 is 1.93. The third-order valence-electron chi connectivity index (χ3n) is 4.11. The molecule has 1 fully saturated rings. The van der Waals surface area contributed by atoms with Crippen LogP contribution >= 0.6 is 22.6 Å². The van der Waals surface area contributed by atoms with Gasteiger partial charge in [0.2, 0.25) is 0 Å². The second-order valence-corrected chi connectivity index (χ2v) is 7.39. The first kappa shape index (κ1) is 22.2. The number of primary amides is 1. The van der Waals surface area contributed by atoms with Crippen molar-refractivity contribution in [3.63, 3.8) is 0 Å². The van der Waals surface area contributed by atoms with E-state index in [2.05, 4.69) is 5.32 Å². The van der Waals surface area contributed by atoms with Crippen LogP contribution in [-0.4, -0.2) is 37.5 Å². The summed E-state index contributed by atoms with van der Waals surface area (Å²) in [6.45, 7) is -0.359. The van der Waals surface area contributed by atoms with Crippen molar-refractivity contribution in [1.29, 1.82) is 0 Å². The first-order valence-electron chi connectivity index (χ1n) is 8.67. The molecule has 1 aliphatic rings. The van der Waals surface area contributed by atoms with Gasteiger partial charge in [-0.15, -0.1) is 0 Å². The second-order valence-electron chi connectivity index (χ2n) is 6.22. The number of amides is 5. The Labute approximate surface area is 189 Å². The molecule has 160 valence electrons. The van der Waals surface area contributed by atoms with Crippen molar-refractivity contribution in [2.24, 2.45) is 5.73 Å². The second kappa shape index (κ2) is 9.12. The van der Waals surface area contributed by atoms with Crippen molar-refractivity contribution >= 4 is 58.1 Å². The van der Waals surface area contributed by atoms with Crippen molar-refractivity contribution in [2.45, 2.75) is 0 Å². The summed E-state index contributed by atoms with van der Waals surface area (Å²) in [6, 6.07) is 6.81. The summed E-state index contributed by atoms with van der Waals surface area (Å²) in [4.78, 5) is 49.1. The maximum absolute atomic E-state index is 13.2. The van der Waals surface area contributed by atoms with Crippen LogP contribution in [0.3, 0.4) is 0 Å². The van der Waals surface area contributed by atoms with Gasteiger partial charge in [0.05, 0.1) is 16.4 Å². The highest BCUT2D eigenvalue weighted by Crippen LogP contribution is 2.35. The minimum atomic E-state index is -0.943. The highest BCUT2D eigenvalue weighted by atomic mass is 127. The monoisotopic (exact) mass is 539 g/mol. The zero-order chi connectivity index (χ0) is 22.7. The molecular weight excluding hydrogens is 524 g/mol. The lowest BCUT2D eigenvalue weighted by Crippen LogP contribution is -2.54. The van der Waals surface area contributed by atoms with Crippen LogP contribution in [0.1, 0.15) is 5.56 Å². The molecule has 0 aliphatic carbocycles. The Morgan fingerprint density at radius 3 is 2.52 bits per heavy atom. The van der Waals surface area contributed by atoms with Gasteiger partial charge in [0, 0.05) is 0 Å². The Bertz CT molecular complexity index is 1120. The molecule has 5 amide bonds. The van der Waals surface area contributed by atoms with Gasteiger partial charge in [-0.05, 0) is 70.6 Å². The number of urea groups is 1. The van der Waals surface area contributed by atoms with Crippen molar-refractivity contribution in [3.05, 3.63) is 56.9 Å². The van der Waals surface area contributed by atoms with Gasteiger partial charge < -0.3 is 15.2 Å². The Kier molecular flexibility index (Phi) is 6.53. The molecule has 1 aliphatic heterocycles. The zero-order valence-corrected chi connectivity index (χ0v) is 18.1. The molecule has 3 N–H and O–H groups in total. The average Bonchev–Trinajstić information content (AvgIpc) is 2.71. The smallest absolute Gasteiger partial charge is 0.335 e. The lowest BCUT2D eigenvalue weighted by atomic mass is 10.1. The van der Waals surface area contributed by atoms with Gasteiger partial charge in [0.1, 0.15) is 11.4 Å². The maximum atomic E-state index is 13.2. The topological polar surface area (TPSA) is 128 Å². The number of methoxy groups -OCH3 is 1. The molecule has 0 bridgehead atoms. The SMILES string of the molecule is COc1cc(/C=C2\C(=O)NC(=O)N(c3ccc(F)cc3)C2=O)cc(I)c1OCC(N)=O. The first-order chi connectivity index (χ1) is 14.7. The average molecular weight is 539 g/mol. The molecule has 11 heteroatoms. The van der Waals surface area contributed by atoms with Gasteiger partial charge in [0.25, 0.3) is 17.7 Å². The standard InChI is InChI=1S/C20H15FIN3O6/c1-30-15-8-10(7-14(22)17(15)31-9-16(23)26)6-13-18(27)24-20(29)25(19(13)28)12-4-2-11(21)3-5-12/h2-8H,9H2,1H3,(H2,23,26)(H,24,27,29)/b13-6+. The summed E-state index contributed by atoms with van der Waals surface area (Å²) in [5.74, 6) is -2.44. The minimum absolute atomic E-state index is 0.102. The van der Waals surface area contributed by atoms with E-state index in [1.807, 2.05) is 22.6 Å². The molecule has 0 saturated carbocycles. The number of anilines is 1. The van der Waals surface area contributed by atoms with E-state index < -0.39 is 29.6 Å². The van der Waals surface area contributed by atoms with Crippen LogP contribution in [0.2, 0.25) is 0 Å². The van der Waals surface area contributed by atoms with Gasteiger partial charge in [-0.1, -0.05) is 0 Å². The number of nitrogens with two attached hydrogens (primary N) is 1. The Morgan fingerprint density at radius 2 is 1.90 bits per heavy atom. The molecule has 0 spiro atoms. The number of ether oxygens (including phenoxy) is 2. The van der Waals surface area contributed by atoms with E-state index in [0.29, 0.717) is 9.13 Å². The van der Waals surface area contributed by atoms with E-state index in [1.54, 1.807) is 6.07 Å². The molecule has 1 heterocycles. The van der Waals surface area contributed by atoms with Crippen LogP contribution < -0.4 is 25.4 Å². The molecule has 9 nitrogen and oxygen atoms in total. The van der Waals surface area contributed by atoms with E-state index in [0.717, 1.165) is 17.0 Å². The van der Waals surface area contributed by atoms with Crippen LogP contribution in [-0.2, 0) is 14.4 Å². The number of benzene rings is 2. The van der Waals surface area contributed by atoms with Crippen molar-refractivity contribution in [1.82, 2.24) is 5.32 Å². The molecule has 0 radical (unpaired) electrons. The minimum Gasteiger partial charge on any atom is -0.493 e. The van der Waals surface area contributed by atoms with E-state index in [9.17, 15) is 23.6 Å². The molecule has 0 atom stereocenters. The number of hydrogen-bond donors (Lipinski definition) is 2. The van der Waals surface area contributed by atoms with Crippen molar-refractivity contribution in [3.8, 4) is 11.5 Å². The Balaban J connectivity index is 1.99. The molecule has 3 rings (SSSR count). The lowest BCUT2D eigenvalue weighted by Gasteiger charge is -2.26. The summed E-state index contributed by atoms with van der Waals surface area (Å²) in [7, 11) is 1.38. The number of rotatable bonds is 6. The lowest BCUT2D eigenvalue weighted by molar-refractivity contribution is -0.123. The molecule has 2 aromatic rings. The molecule has 0 unspecified atom stereocenters. The molecule has 2 aromatic carbocycles. The highest BCUT2D eigenvalue weighted by molar-refractivity contribution is 14.1. The van der Waals surface area contributed by atoms with Crippen LogP contribution in [0.15, 0.2) is 42.0 Å². The number of barbiturate groups is 1. The first-order valence-corrected chi connectivity index (χ1v) is 9.74. The van der Waals surface area contributed by atoms with E-state index in [4.69, 9.17) is 15.2 Å². The number of imide groups is 2. The normalized spacial score (nSPS) is 15.1. The van der Waals surface area contributed by atoms with Crippen LogP contribution in [0.4, 0.5) is 14.9 Å². The molecule has 1 saturated heterocycles. The largest absolute Gasteiger partial charge is 0.493 e. The van der Waals surface area contributed by atoms with Crippen molar-refractivity contribution < 1.29 is 33.0 Å². The number of halogens is 2. The van der Waals surface area contributed by atoms with Gasteiger partial charge in [0.15, 0.2) is 18.1 Å². The predicted octanol–water partition coefficient (Wildman–Crippen LogP) is 1.97. The van der Waals surface area contributed by atoms with Gasteiger partial charge >= 0.3 is 6.03 Å². The van der Waals surface area contributed by atoms with Gasteiger partial charge in [-0.2, -0.15) is 0 Å². The van der Waals surface area contributed by atoms with Gasteiger partial charge in [-0.3, -0.25) is 19.7 Å². The molecule has 0 aromatic heterocycles. The third kappa shape index (κ3) is 4.82. The van der Waals surface area contributed by atoms with Crippen molar-refractivity contribution in [2.75, 3.05) is 18.6 Å². The number of carbonyl (C=O) groups is 4. The zero-order valence-electron chi connectivity index (χ0n) is 16.0. The highest BCUT2D eigenvalue weighted by Gasteiger charge is 2.36. The molecule has 31 heavy (non-hydrogen) atoms. The van der Waals surface area contributed by atoms with E-state index >= 15 is 0 Å². The van der Waals surface area contributed by atoms with E-state index in [1.165, 1.54) is 31.4 Å². The van der Waals surface area contributed by atoms with Crippen LogP contribution in [0.25, 0.3) is 6.08 Å². The summed E-state index contributed by atoms with van der Waals surface area (Å²) in [5.41, 5.74) is 5.29. The molecular formula is C20H15FIN3O6. The summed E-state index contributed by atoms with van der Waals surface area (Å²) in [5, 5.41) is 2.09. The predicted molar refractivity (Wildman–Crippen MR) is 116 cm³/mol. The maximum Gasteiger partial charge on any atom is 0.335 e. The fourth-order valence-corrected chi connectivity index (χ4v) is 3.54. The fraction of sp³-hybridized carbons (Fsp3) is 0.100. The third-order valence-corrected chi connectivity index (χ3v) is 4.91. The number of nitrogens with one attached hydrogen (secondary N) is 1. The Hall–Kier alpha value is -3.48. The summed E-state index contributed by atoms with van der Waals surface area (Å²) in [6.07, 6.45) is 1.28. The summed E-state index contributed by atoms with van der Waals surface area (Å²) < 4.78 is 24.3. The van der Waals surface area contributed by atoms with Crippen LogP contribution in [0, 0.1) is 9.39 Å². The van der Waals surface area contributed by atoms with Gasteiger partial charge in [-0.25, -0.2) is 14.1 Å². The fourth-order valence-electron chi connectivity index (χ4n) is 2.76. The Morgan fingerprint density at radius 1 is 1.23 bits per heavy atom. The van der Waals surface area contributed by atoms with Crippen LogP contribution in [0.5, 0.6) is 11.5 Å². The van der Waals surface area contributed by atoms with E-state index in [-0.39, 0.29) is 29.4 Å². The number of carbonyl (C=O) groups excluding carboxylic acids is 4.